The molecule has 1 heterocycles. The highest BCUT2D eigenvalue weighted by molar-refractivity contribution is 5.59. The average Bonchev–Trinajstić information content (AvgIpc) is 2.38. The van der Waals surface area contributed by atoms with Gasteiger partial charge in [-0.3, -0.25) is 0 Å². The SMILES string of the molecule is COc1ccccc1N1CCN(C)CC1CN. The van der Waals surface area contributed by atoms with Crippen LogP contribution in [0.2, 0.25) is 0 Å². The predicted octanol–water partition coefficient (Wildman–Crippen LogP) is 0.774. The quantitative estimate of drug-likeness (QED) is 0.840. The summed E-state index contributed by atoms with van der Waals surface area (Å²) in [6.07, 6.45) is 0. The van der Waals surface area contributed by atoms with E-state index in [1.807, 2.05) is 18.2 Å². The van der Waals surface area contributed by atoms with Crippen molar-refractivity contribution in [1.82, 2.24) is 4.90 Å². The van der Waals surface area contributed by atoms with Crippen LogP contribution in [-0.4, -0.2) is 51.3 Å². The molecule has 1 aliphatic rings. The van der Waals surface area contributed by atoms with Gasteiger partial charge in [0.1, 0.15) is 5.75 Å². The summed E-state index contributed by atoms with van der Waals surface area (Å²) in [7, 11) is 3.86. The van der Waals surface area contributed by atoms with E-state index < -0.39 is 0 Å². The van der Waals surface area contributed by atoms with E-state index in [0.717, 1.165) is 31.1 Å². The van der Waals surface area contributed by atoms with Crippen molar-refractivity contribution in [3.05, 3.63) is 24.3 Å². The monoisotopic (exact) mass is 235 g/mol. The molecule has 1 unspecified atom stereocenters. The highest BCUT2D eigenvalue weighted by atomic mass is 16.5. The summed E-state index contributed by atoms with van der Waals surface area (Å²) < 4.78 is 5.42. The highest BCUT2D eigenvalue weighted by Crippen LogP contribution is 2.30. The van der Waals surface area contributed by atoms with E-state index in [9.17, 15) is 0 Å². The Hall–Kier alpha value is -1.26. The van der Waals surface area contributed by atoms with Crippen molar-refractivity contribution in [1.29, 1.82) is 0 Å². The van der Waals surface area contributed by atoms with Crippen LogP contribution >= 0.6 is 0 Å². The molecule has 17 heavy (non-hydrogen) atoms. The van der Waals surface area contributed by atoms with Gasteiger partial charge in [-0.2, -0.15) is 0 Å². The predicted molar refractivity (Wildman–Crippen MR) is 70.7 cm³/mol. The van der Waals surface area contributed by atoms with Gasteiger partial charge in [-0.25, -0.2) is 0 Å². The summed E-state index contributed by atoms with van der Waals surface area (Å²) in [5.41, 5.74) is 7.03. The summed E-state index contributed by atoms with van der Waals surface area (Å²) >= 11 is 0. The van der Waals surface area contributed by atoms with Crippen LogP contribution in [0.1, 0.15) is 0 Å². The Labute approximate surface area is 103 Å². The van der Waals surface area contributed by atoms with Crippen molar-refractivity contribution in [3.8, 4) is 5.75 Å². The molecule has 1 fully saturated rings. The standard InChI is InChI=1S/C13H21N3O/c1-15-7-8-16(11(9-14)10-15)12-5-3-4-6-13(12)17-2/h3-6,11H,7-10,14H2,1-2H3. The number of ether oxygens (including phenoxy) is 1. The molecule has 1 aromatic carbocycles. The summed E-state index contributed by atoms with van der Waals surface area (Å²) in [6.45, 7) is 3.74. The maximum atomic E-state index is 5.88. The van der Waals surface area contributed by atoms with Crippen molar-refractivity contribution >= 4 is 5.69 Å². The molecular formula is C13H21N3O. The van der Waals surface area contributed by atoms with Crippen LogP contribution in [0.5, 0.6) is 5.75 Å². The number of nitrogens with two attached hydrogens (primary N) is 1. The first-order chi connectivity index (χ1) is 8.26. The first-order valence-electron chi connectivity index (χ1n) is 6.04. The average molecular weight is 235 g/mol. The van der Waals surface area contributed by atoms with Gasteiger partial charge in [-0.1, -0.05) is 12.1 Å². The molecule has 4 heteroatoms. The van der Waals surface area contributed by atoms with E-state index in [1.165, 1.54) is 0 Å². The molecule has 1 saturated heterocycles. The Balaban J connectivity index is 2.25. The van der Waals surface area contributed by atoms with Crippen LogP contribution in [0.4, 0.5) is 5.69 Å². The molecule has 0 radical (unpaired) electrons. The Morgan fingerprint density at radius 3 is 2.82 bits per heavy atom. The summed E-state index contributed by atoms with van der Waals surface area (Å²) in [4.78, 5) is 4.68. The normalized spacial score (nSPS) is 21.6. The fraction of sp³-hybridized carbons (Fsp3) is 0.538. The number of para-hydroxylation sites is 2. The molecule has 0 bridgehead atoms. The molecule has 2 rings (SSSR count). The first-order valence-corrected chi connectivity index (χ1v) is 6.04. The number of piperazine rings is 1. The van der Waals surface area contributed by atoms with Crippen molar-refractivity contribution < 1.29 is 4.74 Å². The number of likely N-dealkylation sites (N-methyl/N-ethyl adjacent to an activating group) is 1. The van der Waals surface area contributed by atoms with E-state index >= 15 is 0 Å². The Bertz CT molecular complexity index is 369. The van der Waals surface area contributed by atoms with Gasteiger partial charge in [0.25, 0.3) is 0 Å². The fourth-order valence-corrected chi connectivity index (χ4v) is 2.40. The summed E-state index contributed by atoms with van der Waals surface area (Å²) in [6, 6.07) is 8.51. The third-order valence-electron chi connectivity index (χ3n) is 3.35. The molecule has 0 spiro atoms. The van der Waals surface area contributed by atoms with E-state index in [-0.39, 0.29) is 0 Å². The lowest BCUT2D eigenvalue weighted by molar-refractivity contribution is 0.268. The van der Waals surface area contributed by atoms with Crippen LogP contribution in [0.3, 0.4) is 0 Å². The van der Waals surface area contributed by atoms with Crippen molar-refractivity contribution in [2.75, 3.05) is 45.2 Å². The van der Waals surface area contributed by atoms with Crippen LogP contribution < -0.4 is 15.4 Å². The Morgan fingerprint density at radius 1 is 1.35 bits per heavy atom. The zero-order valence-corrected chi connectivity index (χ0v) is 10.6. The molecule has 2 N–H and O–H groups in total. The molecule has 1 aromatic rings. The molecule has 0 saturated carbocycles. The van der Waals surface area contributed by atoms with E-state index in [2.05, 4.69) is 22.9 Å². The highest BCUT2D eigenvalue weighted by Gasteiger charge is 2.25. The number of nitrogens with zero attached hydrogens (tertiary/aromatic N) is 2. The zero-order valence-electron chi connectivity index (χ0n) is 10.6. The van der Waals surface area contributed by atoms with Crippen molar-refractivity contribution in [2.24, 2.45) is 5.73 Å². The van der Waals surface area contributed by atoms with Gasteiger partial charge in [0.15, 0.2) is 0 Å². The van der Waals surface area contributed by atoms with E-state index in [4.69, 9.17) is 10.5 Å². The van der Waals surface area contributed by atoms with E-state index in [1.54, 1.807) is 7.11 Å². The summed E-state index contributed by atoms with van der Waals surface area (Å²) in [5.74, 6) is 0.926. The van der Waals surface area contributed by atoms with Crippen LogP contribution in [0, 0.1) is 0 Å². The second-order valence-electron chi connectivity index (χ2n) is 4.52. The molecule has 0 aromatic heterocycles. The number of anilines is 1. The minimum atomic E-state index is 0.366. The Kier molecular flexibility index (Phi) is 3.86. The van der Waals surface area contributed by atoms with Gasteiger partial charge in [0.05, 0.1) is 18.8 Å². The van der Waals surface area contributed by atoms with Gasteiger partial charge in [-0.15, -0.1) is 0 Å². The number of hydrogen-bond donors (Lipinski definition) is 1. The molecular weight excluding hydrogens is 214 g/mol. The molecule has 4 nitrogen and oxygen atoms in total. The lowest BCUT2D eigenvalue weighted by atomic mass is 10.1. The van der Waals surface area contributed by atoms with Gasteiger partial charge in [0.2, 0.25) is 0 Å². The second kappa shape index (κ2) is 5.38. The largest absolute Gasteiger partial charge is 0.495 e. The smallest absolute Gasteiger partial charge is 0.142 e. The van der Waals surface area contributed by atoms with Crippen LogP contribution in [0.25, 0.3) is 0 Å². The fourth-order valence-electron chi connectivity index (χ4n) is 2.40. The molecule has 94 valence electrons. The molecule has 1 atom stereocenters. The second-order valence-corrected chi connectivity index (χ2v) is 4.52. The van der Waals surface area contributed by atoms with Crippen molar-refractivity contribution in [2.45, 2.75) is 6.04 Å². The number of rotatable bonds is 3. The number of methoxy groups -OCH3 is 1. The maximum Gasteiger partial charge on any atom is 0.142 e. The minimum absolute atomic E-state index is 0.366. The van der Waals surface area contributed by atoms with Gasteiger partial charge >= 0.3 is 0 Å². The van der Waals surface area contributed by atoms with Crippen molar-refractivity contribution in [3.63, 3.8) is 0 Å². The Morgan fingerprint density at radius 2 is 2.12 bits per heavy atom. The van der Waals surface area contributed by atoms with Crippen LogP contribution in [0.15, 0.2) is 24.3 Å². The lowest BCUT2D eigenvalue weighted by Crippen LogP contribution is -2.55. The van der Waals surface area contributed by atoms with E-state index in [0.29, 0.717) is 12.6 Å². The van der Waals surface area contributed by atoms with Gasteiger partial charge in [0, 0.05) is 26.2 Å². The topological polar surface area (TPSA) is 41.7 Å². The molecule has 0 amide bonds. The first kappa shape index (κ1) is 12.2. The minimum Gasteiger partial charge on any atom is -0.495 e. The summed E-state index contributed by atoms with van der Waals surface area (Å²) in [5, 5.41) is 0. The molecule has 1 aliphatic heterocycles. The maximum absolute atomic E-state index is 5.88. The third-order valence-corrected chi connectivity index (χ3v) is 3.35. The zero-order chi connectivity index (χ0) is 12.3. The third kappa shape index (κ3) is 2.53. The number of hydrogen-bond acceptors (Lipinski definition) is 4. The van der Waals surface area contributed by atoms with Gasteiger partial charge < -0.3 is 20.3 Å². The lowest BCUT2D eigenvalue weighted by Gasteiger charge is -2.41. The van der Waals surface area contributed by atoms with Crippen LogP contribution in [-0.2, 0) is 0 Å². The molecule has 0 aliphatic carbocycles. The number of benzene rings is 1. The van der Waals surface area contributed by atoms with Gasteiger partial charge in [-0.05, 0) is 19.2 Å².